The summed E-state index contributed by atoms with van der Waals surface area (Å²) in [5.74, 6) is -0.484. The molecule has 0 spiro atoms. The van der Waals surface area contributed by atoms with E-state index < -0.39 is 11.4 Å². The fraction of sp³-hybridized carbons (Fsp3) is 0.293. The van der Waals surface area contributed by atoms with Crippen LogP contribution in [-0.2, 0) is 20.4 Å². The Labute approximate surface area is 274 Å². The van der Waals surface area contributed by atoms with Gasteiger partial charge in [0.05, 0.1) is 29.1 Å². The third-order valence-corrected chi connectivity index (χ3v) is 10.6. The summed E-state index contributed by atoms with van der Waals surface area (Å²) >= 11 is 0. The van der Waals surface area contributed by atoms with Gasteiger partial charge in [-0.25, -0.2) is 4.79 Å². The van der Waals surface area contributed by atoms with Crippen molar-refractivity contribution >= 4 is 51.0 Å². The molecule has 0 N–H and O–H groups in total. The second kappa shape index (κ2) is 11.1. The molecule has 5 aromatic rings. The largest absolute Gasteiger partial charge is 0.461 e. The molecule has 0 amide bonds. The predicted molar refractivity (Wildman–Crippen MR) is 193 cm³/mol. The number of hydrogen-bond donors (Lipinski definition) is 0. The summed E-state index contributed by atoms with van der Waals surface area (Å²) in [6, 6.07) is 24.7. The van der Waals surface area contributed by atoms with Gasteiger partial charge in [-0.1, -0.05) is 94.9 Å². The van der Waals surface area contributed by atoms with E-state index in [-0.39, 0.29) is 45.4 Å². The fourth-order valence-electron chi connectivity index (χ4n) is 8.31. The number of carbonyl (C=O) groups excluding carboxylic acids is 1. The van der Waals surface area contributed by atoms with Crippen LogP contribution in [0.3, 0.4) is 0 Å². The van der Waals surface area contributed by atoms with Crippen LogP contribution in [0.4, 0.5) is 11.4 Å². The number of nitrogens with zero attached hydrogens (tertiary/aromatic N) is 2. The molecule has 6 heteroatoms. The Kier molecular flexibility index (Phi) is 7.23. The lowest BCUT2D eigenvalue weighted by atomic mass is 9.77. The smallest absolute Gasteiger partial charge is 0.330 e. The van der Waals surface area contributed by atoms with Gasteiger partial charge in [0.1, 0.15) is 6.61 Å². The first-order chi connectivity index (χ1) is 22.5. The van der Waals surface area contributed by atoms with Gasteiger partial charge in [0.25, 0.3) is 0 Å². The summed E-state index contributed by atoms with van der Waals surface area (Å²) in [5.41, 5.74) is 3.37. The molecule has 2 aliphatic rings. The molecule has 2 atom stereocenters. The average Bonchev–Trinajstić information content (AvgIpc) is 3.43. The quantitative estimate of drug-likeness (QED) is 0.183. The molecule has 47 heavy (non-hydrogen) atoms. The molecular formula is C41H40N2O4. The molecule has 0 fully saturated rings. The maximum atomic E-state index is 13.9. The number of hydrogen-bond acceptors (Lipinski definition) is 6. The number of carbonyl (C=O) groups is 1. The van der Waals surface area contributed by atoms with E-state index in [1.165, 1.54) is 16.3 Å². The number of anilines is 2. The summed E-state index contributed by atoms with van der Waals surface area (Å²) < 4.78 is 5.38. The van der Waals surface area contributed by atoms with Gasteiger partial charge in [0, 0.05) is 34.8 Å². The van der Waals surface area contributed by atoms with Crippen molar-refractivity contribution in [3.05, 3.63) is 127 Å². The van der Waals surface area contributed by atoms with E-state index in [4.69, 9.17) is 4.74 Å². The zero-order chi connectivity index (χ0) is 33.2. The van der Waals surface area contributed by atoms with Gasteiger partial charge in [0.2, 0.25) is 0 Å². The van der Waals surface area contributed by atoms with Crippen LogP contribution in [0.5, 0.6) is 0 Å². The van der Waals surface area contributed by atoms with E-state index in [1.54, 1.807) is 0 Å². The maximum absolute atomic E-state index is 13.9. The first kappa shape index (κ1) is 30.7. The normalized spacial score (nSPS) is 19.2. The van der Waals surface area contributed by atoms with Crippen LogP contribution in [0.1, 0.15) is 45.7 Å². The van der Waals surface area contributed by atoms with Crippen molar-refractivity contribution in [2.75, 3.05) is 29.5 Å². The Morgan fingerprint density at radius 2 is 1.21 bits per heavy atom. The Bertz CT molecular complexity index is 2260. The second-order valence-electron chi connectivity index (χ2n) is 13.9. The highest BCUT2D eigenvalue weighted by molar-refractivity contribution is 5.95. The molecule has 2 aliphatic heterocycles. The van der Waals surface area contributed by atoms with Crippen molar-refractivity contribution in [2.45, 2.75) is 57.5 Å². The molecule has 238 valence electrons. The van der Waals surface area contributed by atoms with Crippen molar-refractivity contribution < 1.29 is 9.53 Å². The molecule has 0 aromatic heterocycles. The van der Waals surface area contributed by atoms with E-state index in [9.17, 15) is 14.4 Å². The topological polar surface area (TPSA) is 66.9 Å². The Morgan fingerprint density at radius 1 is 0.745 bits per heavy atom. The Hall–Kier alpha value is -4.97. The van der Waals surface area contributed by atoms with Gasteiger partial charge in [-0.05, 0) is 63.9 Å². The molecule has 0 saturated carbocycles. The molecule has 0 saturated heterocycles. The standard InChI is InChI=1S/C41H40N2O4/c1-7-35(44)47-22-21-43-32-20-18-26-14-10-12-16-28(26)37(32)41(5,6)34(43)24-30-38(45)29(39(30)46)23-33-40(3,4)36-27-15-11-9-13-25(27)17-19-31(36)42(33)8-2/h7,9-20,23-24,33-34H,1,8,21-22H2,2-6H3. The summed E-state index contributed by atoms with van der Waals surface area (Å²) in [5, 5.41) is 5.12. The zero-order valence-electron chi connectivity index (χ0n) is 27.7. The average molecular weight is 625 g/mol. The summed E-state index contributed by atoms with van der Waals surface area (Å²) in [6.07, 6.45) is 4.92. The van der Waals surface area contributed by atoms with Gasteiger partial charge >= 0.3 is 5.97 Å². The molecular weight excluding hydrogens is 584 g/mol. The van der Waals surface area contributed by atoms with Crippen molar-refractivity contribution in [3.8, 4) is 0 Å². The van der Waals surface area contributed by atoms with Crippen LogP contribution in [0.15, 0.2) is 95.0 Å². The van der Waals surface area contributed by atoms with Crippen molar-refractivity contribution in [3.63, 3.8) is 0 Å². The van der Waals surface area contributed by atoms with Gasteiger partial charge in [0.15, 0.2) is 10.9 Å². The second-order valence-corrected chi connectivity index (χ2v) is 13.9. The van der Waals surface area contributed by atoms with Crippen LogP contribution in [-0.4, -0.2) is 37.7 Å². The first-order valence-electron chi connectivity index (χ1n) is 16.4. The molecule has 0 aliphatic carbocycles. The Balaban J connectivity index is 1.32. The zero-order valence-corrected chi connectivity index (χ0v) is 27.7. The lowest BCUT2D eigenvalue weighted by Crippen LogP contribution is -2.66. The lowest BCUT2D eigenvalue weighted by Gasteiger charge is -2.32. The third kappa shape index (κ3) is 4.56. The number of fused-ring (bicyclic) bond motifs is 6. The van der Waals surface area contributed by atoms with Crippen molar-refractivity contribution in [1.29, 1.82) is 0 Å². The number of ether oxygens (including phenoxy) is 1. The molecule has 7 rings (SSSR count). The number of rotatable bonds is 7. The number of benzene rings is 4. The highest BCUT2D eigenvalue weighted by atomic mass is 16.5. The molecule has 6 nitrogen and oxygen atoms in total. The van der Waals surface area contributed by atoms with E-state index in [0.717, 1.165) is 40.3 Å². The van der Waals surface area contributed by atoms with Crippen molar-refractivity contribution in [1.82, 2.24) is 0 Å². The van der Waals surface area contributed by atoms with Gasteiger partial charge < -0.3 is 14.5 Å². The minimum Gasteiger partial charge on any atom is -0.461 e. The lowest BCUT2D eigenvalue weighted by molar-refractivity contribution is -0.137. The van der Waals surface area contributed by atoms with Crippen LogP contribution in [0, 0.1) is 0 Å². The summed E-state index contributed by atoms with van der Waals surface area (Å²) in [7, 11) is 0. The maximum Gasteiger partial charge on any atom is 0.330 e. The number of esters is 1. The highest BCUT2D eigenvalue weighted by Crippen LogP contribution is 2.50. The molecule has 2 heterocycles. The SMILES string of the molecule is C=CC(=O)OCCN1c2ccc3ccccc3c2C(C)(C)C1C=c1c(=O)c(=CC2N(CC)c3ccc4ccccc4c3C2(C)C)c1=O. The molecule has 5 aromatic carbocycles. The summed E-state index contributed by atoms with van der Waals surface area (Å²) in [6.45, 7) is 15.7. The number of likely N-dealkylation sites (N-methyl/N-ethyl adjacent to an activating group) is 1. The minimum absolute atomic E-state index is 0.146. The molecule has 2 unspecified atom stereocenters. The van der Waals surface area contributed by atoms with Crippen LogP contribution in [0.25, 0.3) is 33.7 Å². The monoisotopic (exact) mass is 624 g/mol. The van der Waals surface area contributed by atoms with Gasteiger partial charge in [-0.3, -0.25) is 9.59 Å². The van der Waals surface area contributed by atoms with E-state index in [0.29, 0.717) is 6.54 Å². The van der Waals surface area contributed by atoms with Crippen LogP contribution < -0.4 is 31.1 Å². The fourth-order valence-corrected chi connectivity index (χ4v) is 8.31. The van der Waals surface area contributed by atoms with E-state index in [1.807, 2.05) is 24.3 Å². The van der Waals surface area contributed by atoms with E-state index in [2.05, 4.69) is 112 Å². The predicted octanol–water partition coefficient (Wildman–Crippen LogP) is 5.23. The third-order valence-electron chi connectivity index (χ3n) is 10.6. The minimum atomic E-state index is -0.484. The summed E-state index contributed by atoms with van der Waals surface area (Å²) in [4.78, 5) is 44.2. The molecule has 0 radical (unpaired) electrons. The van der Waals surface area contributed by atoms with Gasteiger partial charge in [-0.2, -0.15) is 0 Å². The van der Waals surface area contributed by atoms with Gasteiger partial charge in [-0.15, -0.1) is 0 Å². The van der Waals surface area contributed by atoms with Crippen LogP contribution in [0.2, 0.25) is 0 Å². The molecule has 0 bridgehead atoms. The first-order valence-corrected chi connectivity index (χ1v) is 16.4. The van der Waals surface area contributed by atoms with E-state index >= 15 is 0 Å². The van der Waals surface area contributed by atoms with Crippen LogP contribution >= 0.6 is 0 Å². The van der Waals surface area contributed by atoms with Crippen molar-refractivity contribution in [2.24, 2.45) is 0 Å². The Morgan fingerprint density at radius 3 is 1.70 bits per heavy atom. The highest BCUT2D eigenvalue weighted by Gasteiger charge is 2.46.